The van der Waals surface area contributed by atoms with Gasteiger partial charge in [-0.05, 0) is 23.1 Å². The van der Waals surface area contributed by atoms with Crippen molar-refractivity contribution in [1.29, 1.82) is 0 Å². The Hall–Kier alpha value is 0.01000. The Morgan fingerprint density at radius 2 is 1.75 bits per heavy atom. The molecule has 1 aromatic carbocycles. The van der Waals surface area contributed by atoms with E-state index >= 15 is 0 Å². The molecule has 1 heterocycles. The van der Waals surface area contributed by atoms with Gasteiger partial charge in [-0.2, -0.15) is 0 Å². The highest BCUT2D eigenvalue weighted by atomic mass is 35.5. The molecule has 0 amide bonds. The molecule has 2 rings (SSSR count). The summed E-state index contributed by atoms with van der Waals surface area (Å²) in [5, 5.41) is 4.25. The maximum atomic E-state index is 6.15. The lowest BCUT2D eigenvalue weighted by Gasteiger charge is -2.42. The minimum absolute atomic E-state index is 0. The summed E-state index contributed by atoms with van der Waals surface area (Å²) in [7, 11) is 0. The zero-order valence-electron chi connectivity index (χ0n) is 12.4. The second-order valence-corrected chi connectivity index (χ2v) is 6.55. The molecule has 1 N–H and O–H groups in total. The quantitative estimate of drug-likeness (QED) is 0.869. The molecule has 1 aliphatic heterocycles. The number of piperazine rings is 1. The van der Waals surface area contributed by atoms with Gasteiger partial charge in [0.2, 0.25) is 0 Å². The third kappa shape index (κ3) is 5.09. The lowest BCUT2D eigenvalue weighted by atomic mass is 9.81. The summed E-state index contributed by atoms with van der Waals surface area (Å²) in [4.78, 5) is 2.57. The number of rotatable bonds is 2. The molecule has 0 radical (unpaired) electrons. The van der Waals surface area contributed by atoms with Crippen molar-refractivity contribution in [3.63, 3.8) is 0 Å². The first-order valence-corrected chi connectivity index (χ1v) is 7.06. The van der Waals surface area contributed by atoms with Crippen LogP contribution in [0.4, 0.5) is 0 Å². The van der Waals surface area contributed by atoms with Crippen molar-refractivity contribution in [3.8, 4) is 0 Å². The maximum Gasteiger partial charge on any atom is 0.0409 e. The fourth-order valence-electron chi connectivity index (χ4n) is 2.88. The lowest BCUT2D eigenvalue weighted by molar-refractivity contribution is 0.0862. The van der Waals surface area contributed by atoms with Crippen LogP contribution in [0.3, 0.4) is 0 Å². The van der Waals surface area contributed by atoms with Gasteiger partial charge in [-0.1, -0.05) is 44.5 Å². The molecule has 1 fully saturated rings. The predicted octanol–water partition coefficient (Wildman–Crippen LogP) is 4.18. The Kier molecular flexibility index (Phi) is 8.46. The summed E-state index contributed by atoms with van der Waals surface area (Å²) in [5.74, 6) is 0. The van der Waals surface area contributed by atoms with Gasteiger partial charge in [-0.25, -0.2) is 0 Å². The first-order valence-electron chi connectivity index (χ1n) is 6.69. The fraction of sp³-hybridized carbons (Fsp3) is 0.600. The van der Waals surface area contributed by atoms with E-state index in [0.29, 0.717) is 6.04 Å². The summed E-state index contributed by atoms with van der Waals surface area (Å²) < 4.78 is 0. The Morgan fingerprint density at radius 3 is 2.25 bits per heavy atom. The van der Waals surface area contributed by atoms with Crippen molar-refractivity contribution in [2.24, 2.45) is 5.41 Å². The highest BCUT2D eigenvalue weighted by molar-refractivity contribution is 6.30. The van der Waals surface area contributed by atoms with Crippen molar-refractivity contribution in [3.05, 3.63) is 34.9 Å². The van der Waals surface area contributed by atoms with Crippen molar-refractivity contribution in [1.82, 2.24) is 10.2 Å². The number of nitrogens with one attached hydrogen (secondary N) is 1. The van der Waals surface area contributed by atoms with E-state index in [1.807, 2.05) is 6.07 Å². The van der Waals surface area contributed by atoms with Crippen LogP contribution in [0.2, 0.25) is 5.02 Å². The summed E-state index contributed by atoms with van der Waals surface area (Å²) in [6.45, 7) is 11.3. The third-order valence-corrected chi connectivity index (χ3v) is 3.74. The van der Waals surface area contributed by atoms with Crippen LogP contribution in [-0.4, -0.2) is 31.1 Å². The van der Waals surface area contributed by atoms with Gasteiger partial charge in [0, 0.05) is 37.2 Å². The summed E-state index contributed by atoms with van der Waals surface area (Å²) in [6.07, 6.45) is 0. The van der Waals surface area contributed by atoms with Gasteiger partial charge in [0.15, 0.2) is 0 Å². The van der Waals surface area contributed by atoms with Gasteiger partial charge in [-0.3, -0.25) is 4.90 Å². The molecule has 0 spiro atoms. The van der Waals surface area contributed by atoms with E-state index in [-0.39, 0.29) is 30.2 Å². The highest BCUT2D eigenvalue weighted by Crippen LogP contribution is 2.38. The second-order valence-electron chi connectivity index (χ2n) is 6.11. The van der Waals surface area contributed by atoms with E-state index in [1.165, 1.54) is 5.56 Å². The van der Waals surface area contributed by atoms with Crippen LogP contribution >= 0.6 is 36.4 Å². The van der Waals surface area contributed by atoms with E-state index < -0.39 is 0 Å². The van der Waals surface area contributed by atoms with Gasteiger partial charge >= 0.3 is 0 Å². The van der Waals surface area contributed by atoms with Gasteiger partial charge in [-0.15, -0.1) is 24.8 Å². The fourth-order valence-corrected chi connectivity index (χ4v) is 3.07. The summed E-state index contributed by atoms with van der Waals surface area (Å²) in [6, 6.07) is 8.74. The number of nitrogens with zero attached hydrogens (tertiary/aromatic N) is 1. The molecule has 5 heteroatoms. The van der Waals surface area contributed by atoms with E-state index in [2.05, 4.69) is 49.2 Å². The zero-order chi connectivity index (χ0) is 13.2. The molecule has 2 nitrogen and oxygen atoms in total. The van der Waals surface area contributed by atoms with Crippen molar-refractivity contribution in [2.75, 3.05) is 26.2 Å². The van der Waals surface area contributed by atoms with Crippen LogP contribution in [0.5, 0.6) is 0 Å². The van der Waals surface area contributed by atoms with E-state index in [1.54, 1.807) is 0 Å². The molecule has 20 heavy (non-hydrogen) atoms. The molecule has 0 unspecified atom stereocenters. The van der Waals surface area contributed by atoms with E-state index in [0.717, 1.165) is 31.2 Å². The van der Waals surface area contributed by atoms with Crippen LogP contribution < -0.4 is 5.32 Å². The number of halogens is 3. The Labute approximate surface area is 140 Å². The van der Waals surface area contributed by atoms with Gasteiger partial charge in [0.1, 0.15) is 0 Å². The topological polar surface area (TPSA) is 15.3 Å². The second kappa shape index (κ2) is 8.45. The Morgan fingerprint density at radius 1 is 1.15 bits per heavy atom. The largest absolute Gasteiger partial charge is 0.314 e. The van der Waals surface area contributed by atoms with Crippen molar-refractivity contribution >= 4 is 36.4 Å². The minimum atomic E-state index is 0. The first kappa shape index (κ1) is 20.0. The van der Waals surface area contributed by atoms with Gasteiger partial charge in [0.25, 0.3) is 0 Å². The number of hydrogen-bond acceptors (Lipinski definition) is 2. The number of benzene rings is 1. The van der Waals surface area contributed by atoms with E-state index in [9.17, 15) is 0 Å². The molecule has 0 aliphatic carbocycles. The van der Waals surface area contributed by atoms with Crippen molar-refractivity contribution in [2.45, 2.75) is 26.8 Å². The molecular formula is C15H25Cl3N2. The summed E-state index contributed by atoms with van der Waals surface area (Å²) in [5.41, 5.74) is 1.54. The van der Waals surface area contributed by atoms with E-state index in [4.69, 9.17) is 11.6 Å². The SMILES string of the molecule is CC(C)(C)[C@@H](c1cccc(Cl)c1)N1CCNCC1.Cl.Cl. The third-order valence-electron chi connectivity index (χ3n) is 3.50. The molecule has 0 bridgehead atoms. The minimum Gasteiger partial charge on any atom is -0.314 e. The average molecular weight is 340 g/mol. The molecule has 0 aromatic heterocycles. The standard InChI is InChI=1S/C15H23ClN2.2ClH/c1-15(2,3)14(18-9-7-17-8-10-18)12-5-4-6-13(16)11-12;;/h4-6,11,14,17H,7-10H2,1-3H3;2*1H/t14-;;/m1../s1. The average Bonchev–Trinajstić information content (AvgIpc) is 2.28. The summed E-state index contributed by atoms with van der Waals surface area (Å²) >= 11 is 6.15. The Balaban J connectivity index is 0.00000180. The van der Waals surface area contributed by atoms with Gasteiger partial charge < -0.3 is 5.32 Å². The molecule has 1 atom stereocenters. The van der Waals surface area contributed by atoms with Crippen molar-refractivity contribution < 1.29 is 0 Å². The molecule has 116 valence electrons. The van der Waals surface area contributed by atoms with Crippen LogP contribution in [0.15, 0.2) is 24.3 Å². The molecule has 0 saturated carbocycles. The van der Waals surface area contributed by atoms with Crippen LogP contribution in [0, 0.1) is 5.41 Å². The van der Waals surface area contributed by atoms with Crippen LogP contribution in [0.25, 0.3) is 0 Å². The smallest absolute Gasteiger partial charge is 0.0409 e. The first-order chi connectivity index (χ1) is 8.48. The molecular weight excluding hydrogens is 315 g/mol. The molecule has 1 aliphatic rings. The molecule has 1 aromatic rings. The normalized spacial score (nSPS) is 17.8. The zero-order valence-corrected chi connectivity index (χ0v) is 14.7. The monoisotopic (exact) mass is 338 g/mol. The maximum absolute atomic E-state index is 6.15. The number of hydrogen-bond donors (Lipinski definition) is 1. The highest BCUT2D eigenvalue weighted by Gasteiger charge is 2.32. The lowest BCUT2D eigenvalue weighted by Crippen LogP contribution is -2.48. The Bertz CT molecular complexity index is 398. The predicted molar refractivity (Wildman–Crippen MR) is 92.6 cm³/mol. The molecule has 1 saturated heterocycles. The van der Waals surface area contributed by atoms with Crippen LogP contribution in [-0.2, 0) is 0 Å². The van der Waals surface area contributed by atoms with Crippen LogP contribution in [0.1, 0.15) is 32.4 Å². The van der Waals surface area contributed by atoms with Gasteiger partial charge in [0.05, 0.1) is 0 Å².